The molecule has 2 aromatic carbocycles. The Labute approximate surface area is 154 Å². The van der Waals surface area contributed by atoms with E-state index in [0.717, 1.165) is 38.8 Å². The number of piperidine rings is 1. The van der Waals surface area contributed by atoms with Crippen molar-refractivity contribution in [3.8, 4) is 0 Å². The Morgan fingerprint density at radius 2 is 1.46 bits per heavy atom. The van der Waals surface area contributed by atoms with Gasteiger partial charge in [-0.05, 0) is 62.4 Å². The van der Waals surface area contributed by atoms with Gasteiger partial charge in [-0.2, -0.15) is 0 Å². The summed E-state index contributed by atoms with van der Waals surface area (Å²) < 4.78 is 0. The van der Waals surface area contributed by atoms with Gasteiger partial charge in [-0.1, -0.05) is 42.5 Å². The van der Waals surface area contributed by atoms with Crippen LogP contribution >= 0.6 is 0 Å². The Morgan fingerprint density at radius 3 is 2.08 bits per heavy atom. The fourth-order valence-corrected chi connectivity index (χ4v) is 4.27. The van der Waals surface area contributed by atoms with Crippen LogP contribution in [0.4, 0.5) is 0 Å². The highest BCUT2D eigenvalue weighted by Gasteiger charge is 2.42. The number of hydrogen-bond donors (Lipinski definition) is 1. The van der Waals surface area contributed by atoms with Crippen molar-refractivity contribution < 1.29 is 9.59 Å². The number of nitrogens with one attached hydrogen (secondary N) is 1. The van der Waals surface area contributed by atoms with Gasteiger partial charge in [0.05, 0.1) is 11.1 Å². The molecule has 0 radical (unpaired) electrons. The Morgan fingerprint density at radius 1 is 0.885 bits per heavy atom. The number of fused-ring (bicyclic) bond motifs is 1. The first-order chi connectivity index (χ1) is 12.8. The van der Waals surface area contributed by atoms with Crippen LogP contribution in [0, 0.1) is 5.92 Å². The second kappa shape index (κ2) is 7.42. The molecule has 1 saturated heterocycles. The number of nitrogens with zero attached hydrogens (tertiary/aromatic N) is 1. The maximum atomic E-state index is 13.0. The number of benzene rings is 2. The van der Waals surface area contributed by atoms with Gasteiger partial charge in [-0.25, -0.2) is 0 Å². The fourth-order valence-electron chi connectivity index (χ4n) is 4.27. The van der Waals surface area contributed by atoms with Crippen LogP contribution in [0.15, 0.2) is 54.6 Å². The van der Waals surface area contributed by atoms with Gasteiger partial charge < -0.3 is 5.32 Å². The zero-order valence-electron chi connectivity index (χ0n) is 14.9. The molecular formula is C22H24N2O2. The van der Waals surface area contributed by atoms with Crippen LogP contribution in [-0.4, -0.2) is 35.8 Å². The Balaban J connectivity index is 1.60. The second-order valence-electron chi connectivity index (χ2n) is 7.20. The molecule has 1 N–H and O–H groups in total. The summed E-state index contributed by atoms with van der Waals surface area (Å²) in [5.41, 5.74) is 2.36. The highest BCUT2D eigenvalue weighted by molar-refractivity contribution is 6.21. The number of carbonyl (C=O) groups excluding carboxylic acids is 2. The lowest BCUT2D eigenvalue weighted by molar-refractivity contribution is 0.0490. The van der Waals surface area contributed by atoms with Crippen LogP contribution in [-0.2, 0) is 6.42 Å². The maximum absolute atomic E-state index is 13.0. The normalized spacial score (nSPS) is 18.8. The number of aryl methyl sites for hydroxylation is 1. The van der Waals surface area contributed by atoms with E-state index in [2.05, 4.69) is 17.4 Å². The van der Waals surface area contributed by atoms with E-state index < -0.39 is 0 Å². The first kappa shape index (κ1) is 17.0. The zero-order valence-corrected chi connectivity index (χ0v) is 14.9. The first-order valence-corrected chi connectivity index (χ1v) is 9.47. The van der Waals surface area contributed by atoms with Crippen LogP contribution in [0.25, 0.3) is 0 Å². The van der Waals surface area contributed by atoms with Gasteiger partial charge in [0.2, 0.25) is 0 Å². The Bertz CT molecular complexity index is 762. The van der Waals surface area contributed by atoms with Crippen LogP contribution < -0.4 is 5.32 Å². The highest BCUT2D eigenvalue weighted by atomic mass is 16.2. The molecule has 4 nitrogen and oxygen atoms in total. The molecule has 2 heterocycles. The molecule has 0 aliphatic carbocycles. The summed E-state index contributed by atoms with van der Waals surface area (Å²) >= 11 is 0. The van der Waals surface area contributed by atoms with Gasteiger partial charge in [-0.15, -0.1) is 0 Å². The summed E-state index contributed by atoms with van der Waals surface area (Å²) in [5, 5.41) is 3.39. The lowest BCUT2D eigenvalue weighted by atomic mass is 9.85. The standard InChI is InChI=1S/C22H24N2O2/c25-21-18-8-4-5-9-19(18)22(26)24(21)20(17-12-14-23-15-13-17)11-10-16-6-2-1-3-7-16/h1-9,17,20,23H,10-15H2. The molecule has 134 valence electrons. The first-order valence-electron chi connectivity index (χ1n) is 9.47. The van der Waals surface area contributed by atoms with Gasteiger partial charge in [0.25, 0.3) is 11.8 Å². The molecule has 2 amide bonds. The summed E-state index contributed by atoms with van der Waals surface area (Å²) in [5.74, 6) is 0.117. The minimum absolute atomic E-state index is 0.0373. The van der Waals surface area contributed by atoms with Crippen molar-refractivity contribution in [1.82, 2.24) is 10.2 Å². The van der Waals surface area contributed by atoms with Crippen molar-refractivity contribution in [2.24, 2.45) is 5.92 Å². The topological polar surface area (TPSA) is 49.4 Å². The van der Waals surface area contributed by atoms with E-state index in [1.54, 1.807) is 17.0 Å². The molecule has 2 aliphatic rings. The molecule has 1 fully saturated rings. The molecule has 0 aromatic heterocycles. The predicted molar refractivity (Wildman–Crippen MR) is 101 cm³/mol. The van der Waals surface area contributed by atoms with Crippen molar-refractivity contribution in [3.05, 3.63) is 71.3 Å². The average Bonchev–Trinajstić information content (AvgIpc) is 2.95. The van der Waals surface area contributed by atoms with Crippen LogP contribution in [0.5, 0.6) is 0 Å². The van der Waals surface area contributed by atoms with Gasteiger partial charge in [0.1, 0.15) is 0 Å². The average molecular weight is 348 g/mol. The van der Waals surface area contributed by atoms with E-state index in [9.17, 15) is 9.59 Å². The van der Waals surface area contributed by atoms with E-state index in [-0.39, 0.29) is 17.9 Å². The zero-order chi connectivity index (χ0) is 17.9. The van der Waals surface area contributed by atoms with E-state index in [0.29, 0.717) is 17.0 Å². The van der Waals surface area contributed by atoms with Crippen LogP contribution in [0.1, 0.15) is 45.5 Å². The lowest BCUT2D eigenvalue weighted by Gasteiger charge is -2.36. The van der Waals surface area contributed by atoms with Crippen molar-refractivity contribution in [2.45, 2.75) is 31.7 Å². The predicted octanol–water partition coefficient (Wildman–Crippen LogP) is 3.28. The van der Waals surface area contributed by atoms with Crippen molar-refractivity contribution >= 4 is 11.8 Å². The molecule has 2 aromatic rings. The third-order valence-electron chi connectivity index (χ3n) is 5.66. The number of hydrogen-bond acceptors (Lipinski definition) is 3. The molecule has 0 spiro atoms. The molecule has 1 unspecified atom stereocenters. The van der Waals surface area contributed by atoms with Crippen molar-refractivity contribution in [3.63, 3.8) is 0 Å². The maximum Gasteiger partial charge on any atom is 0.261 e. The summed E-state index contributed by atoms with van der Waals surface area (Å²) in [6.45, 7) is 1.91. The van der Waals surface area contributed by atoms with E-state index >= 15 is 0 Å². The molecule has 0 bridgehead atoms. The van der Waals surface area contributed by atoms with Crippen LogP contribution in [0.3, 0.4) is 0 Å². The lowest BCUT2D eigenvalue weighted by Crippen LogP contribution is -2.47. The molecule has 26 heavy (non-hydrogen) atoms. The van der Waals surface area contributed by atoms with Crippen molar-refractivity contribution in [2.75, 3.05) is 13.1 Å². The molecule has 0 saturated carbocycles. The summed E-state index contributed by atoms with van der Waals surface area (Å²) in [6.07, 6.45) is 3.71. The quantitative estimate of drug-likeness (QED) is 0.844. The monoisotopic (exact) mass is 348 g/mol. The van der Waals surface area contributed by atoms with Gasteiger partial charge in [-0.3, -0.25) is 14.5 Å². The molecule has 1 atom stereocenters. The van der Waals surface area contributed by atoms with Crippen LogP contribution in [0.2, 0.25) is 0 Å². The number of imide groups is 1. The Hall–Kier alpha value is -2.46. The minimum atomic E-state index is -0.123. The summed E-state index contributed by atoms with van der Waals surface area (Å²) in [7, 11) is 0. The molecule has 4 heteroatoms. The SMILES string of the molecule is O=C1c2ccccc2C(=O)N1C(CCc1ccccc1)C1CCNCC1. The highest BCUT2D eigenvalue weighted by Crippen LogP contribution is 2.32. The van der Waals surface area contributed by atoms with Gasteiger partial charge in [0.15, 0.2) is 0 Å². The fraction of sp³-hybridized carbons (Fsp3) is 0.364. The van der Waals surface area contributed by atoms with Crippen molar-refractivity contribution in [1.29, 1.82) is 0 Å². The van der Waals surface area contributed by atoms with Gasteiger partial charge in [0, 0.05) is 6.04 Å². The third kappa shape index (κ3) is 3.17. The molecule has 2 aliphatic heterocycles. The second-order valence-corrected chi connectivity index (χ2v) is 7.20. The van der Waals surface area contributed by atoms with E-state index in [1.165, 1.54) is 5.56 Å². The van der Waals surface area contributed by atoms with E-state index in [1.807, 2.05) is 30.3 Å². The summed E-state index contributed by atoms with van der Waals surface area (Å²) in [6, 6.07) is 17.5. The summed E-state index contributed by atoms with van der Waals surface area (Å²) in [4.78, 5) is 27.5. The Kier molecular flexibility index (Phi) is 4.85. The number of carbonyl (C=O) groups is 2. The minimum Gasteiger partial charge on any atom is -0.317 e. The third-order valence-corrected chi connectivity index (χ3v) is 5.66. The molecule has 4 rings (SSSR count). The van der Waals surface area contributed by atoms with E-state index in [4.69, 9.17) is 0 Å². The smallest absolute Gasteiger partial charge is 0.261 e. The number of rotatable bonds is 5. The largest absolute Gasteiger partial charge is 0.317 e. The molecular weight excluding hydrogens is 324 g/mol. The van der Waals surface area contributed by atoms with Gasteiger partial charge >= 0.3 is 0 Å². The number of amides is 2.